The standard InChI is InChI=1S/C15H20N2O4/c1-11(18)16-14-7-8-17(14)9-15(19)21-10-12-3-5-13(20-2)6-4-12/h3-6,14H,7-10H2,1-2H3,(H,16,18). The maximum Gasteiger partial charge on any atom is 0.320 e. The lowest BCUT2D eigenvalue weighted by atomic mass is 10.1. The van der Waals surface area contributed by atoms with Crippen molar-refractivity contribution in [1.29, 1.82) is 0 Å². The Kier molecular flexibility index (Phi) is 5.16. The van der Waals surface area contributed by atoms with E-state index in [-0.39, 0.29) is 31.2 Å². The fourth-order valence-corrected chi connectivity index (χ4v) is 2.13. The number of methoxy groups -OCH3 is 1. The Hall–Kier alpha value is -2.08. The lowest BCUT2D eigenvalue weighted by molar-refractivity contribution is -0.149. The summed E-state index contributed by atoms with van der Waals surface area (Å²) in [5.41, 5.74) is 0.908. The quantitative estimate of drug-likeness (QED) is 0.789. The number of benzene rings is 1. The number of carbonyl (C=O) groups excluding carboxylic acids is 2. The highest BCUT2D eigenvalue weighted by Crippen LogP contribution is 2.15. The minimum Gasteiger partial charge on any atom is -0.497 e. The van der Waals surface area contributed by atoms with Crippen LogP contribution in [0.5, 0.6) is 5.75 Å². The molecule has 0 radical (unpaired) electrons. The fourth-order valence-electron chi connectivity index (χ4n) is 2.13. The zero-order chi connectivity index (χ0) is 15.2. The minimum absolute atomic E-state index is 0.0453. The molecule has 1 amide bonds. The molecule has 0 aromatic heterocycles. The number of carbonyl (C=O) groups is 2. The number of likely N-dealkylation sites (tertiary alicyclic amines) is 1. The monoisotopic (exact) mass is 292 g/mol. The Morgan fingerprint density at radius 3 is 2.57 bits per heavy atom. The van der Waals surface area contributed by atoms with Gasteiger partial charge < -0.3 is 14.8 Å². The summed E-state index contributed by atoms with van der Waals surface area (Å²) in [6.45, 7) is 2.70. The van der Waals surface area contributed by atoms with Gasteiger partial charge in [-0.1, -0.05) is 12.1 Å². The third kappa shape index (κ3) is 4.46. The lowest BCUT2D eigenvalue weighted by Gasteiger charge is -2.40. The van der Waals surface area contributed by atoms with Crippen molar-refractivity contribution in [3.63, 3.8) is 0 Å². The summed E-state index contributed by atoms with van der Waals surface area (Å²) in [4.78, 5) is 24.6. The summed E-state index contributed by atoms with van der Waals surface area (Å²) < 4.78 is 10.3. The Morgan fingerprint density at radius 2 is 2.05 bits per heavy atom. The average Bonchev–Trinajstić information content (AvgIpc) is 2.47. The van der Waals surface area contributed by atoms with Crippen molar-refractivity contribution in [1.82, 2.24) is 10.2 Å². The van der Waals surface area contributed by atoms with Gasteiger partial charge in [0, 0.05) is 13.5 Å². The Balaban J connectivity index is 1.73. The Bertz CT molecular complexity index is 501. The molecule has 6 heteroatoms. The molecule has 6 nitrogen and oxygen atoms in total. The van der Waals surface area contributed by atoms with E-state index in [4.69, 9.17) is 9.47 Å². The van der Waals surface area contributed by atoms with Gasteiger partial charge in [-0.3, -0.25) is 14.5 Å². The SMILES string of the molecule is COc1ccc(COC(=O)CN2CCC2NC(C)=O)cc1. The van der Waals surface area contributed by atoms with Crippen molar-refractivity contribution in [3.05, 3.63) is 29.8 Å². The zero-order valence-corrected chi connectivity index (χ0v) is 12.3. The fraction of sp³-hybridized carbons (Fsp3) is 0.467. The highest BCUT2D eigenvalue weighted by atomic mass is 16.5. The van der Waals surface area contributed by atoms with Crippen LogP contribution in [0.4, 0.5) is 0 Å². The van der Waals surface area contributed by atoms with E-state index in [0.29, 0.717) is 0 Å². The molecule has 1 aliphatic heterocycles. The van der Waals surface area contributed by atoms with E-state index in [2.05, 4.69) is 5.32 Å². The van der Waals surface area contributed by atoms with Crippen LogP contribution in [0.3, 0.4) is 0 Å². The number of hydrogen-bond donors (Lipinski definition) is 1. The van der Waals surface area contributed by atoms with Crippen LogP contribution >= 0.6 is 0 Å². The van der Waals surface area contributed by atoms with Crippen LogP contribution in [0.1, 0.15) is 18.9 Å². The van der Waals surface area contributed by atoms with Gasteiger partial charge in [-0.15, -0.1) is 0 Å². The molecule has 1 heterocycles. The first-order valence-corrected chi connectivity index (χ1v) is 6.88. The van der Waals surface area contributed by atoms with E-state index in [9.17, 15) is 9.59 Å². The van der Waals surface area contributed by atoms with Crippen molar-refractivity contribution in [2.75, 3.05) is 20.2 Å². The molecule has 0 bridgehead atoms. The molecular formula is C15H20N2O4. The number of amides is 1. The predicted molar refractivity (Wildman–Crippen MR) is 76.6 cm³/mol. The molecular weight excluding hydrogens is 272 g/mol. The second-order valence-electron chi connectivity index (χ2n) is 4.98. The van der Waals surface area contributed by atoms with Crippen LogP contribution in [0.15, 0.2) is 24.3 Å². The largest absolute Gasteiger partial charge is 0.497 e. The Labute approximate surface area is 124 Å². The molecule has 1 N–H and O–H groups in total. The first kappa shape index (κ1) is 15.3. The summed E-state index contributed by atoms with van der Waals surface area (Å²) in [6.07, 6.45) is 0.821. The molecule has 1 saturated heterocycles. The third-order valence-electron chi connectivity index (χ3n) is 3.39. The normalized spacial score (nSPS) is 17.7. The number of rotatable bonds is 6. The van der Waals surface area contributed by atoms with Gasteiger partial charge in [0.2, 0.25) is 5.91 Å². The van der Waals surface area contributed by atoms with E-state index in [0.717, 1.165) is 24.3 Å². The van der Waals surface area contributed by atoms with Crippen molar-refractivity contribution in [3.8, 4) is 5.75 Å². The van der Waals surface area contributed by atoms with Gasteiger partial charge >= 0.3 is 5.97 Å². The first-order valence-electron chi connectivity index (χ1n) is 6.88. The summed E-state index contributed by atoms with van der Waals surface area (Å²) in [7, 11) is 1.60. The maximum atomic E-state index is 11.8. The molecule has 0 spiro atoms. The molecule has 1 atom stereocenters. The van der Waals surface area contributed by atoms with E-state index >= 15 is 0 Å². The molecule has 2 rings (SSSR count). The molecule has 114 valence electrons. The first-order chi connectivity index (χ1) is 10.1. The maximum absolute atomic E-state index is 11.8. The van der Waals surface area contributed by atoms with E-state index in [1.54, 1.807) is 7.11 Å². The highest BCUT2D eigenvalue weighted by Gasteiger charge is 2.30. The molecule has 1 aromatic carbocycles. The number of nitrogens with one attached hydrogen (secondary N) is 1. The van der Waals surface area contributed by atoms with Crippen molar-refractivity contribution < 1.29 is 19.1 Å². The average molecular weight is 292 g/mol. The van der Waals surface area contributed by atoms with Crippen molar-refractivity contribution in [2.45, 2.75) is 26.1 Å². The predicted octanol–water partition coefficient (Wildman–Crippen LogP) is 0.906. The van der Waals surface area contributed by atoms with E-state index in [1.165, 1.54) is 6.92 Å². The van der Waals surface area contributed by atoms with Gasteiger partial charge in [-0.2, -0.15) is 0 Å². The number of ether oxygens (including phenoxy) is 2. The molecule has 0 saturated carbocycles. The van der Waals surface area contributed by atoms with Crippen LogP contribution in [0, 0.1) is 0 Å². The molecule has 21 heavy (non-hydrogen) atoms. The Morgan fingerprint density at radius 1 is 1.33 bits per heavy atom. The lowest BCUT2D eigenvalue weighted by Crippen LogP contribution is -2.58. The second kappa shape index (κ2) is 7.08. The van der Waals surface area contributed by atoms with Gasteiger partial charge in [0.1, 0.15) is 12.4 Å². The number of hydrogen-bond acceptors (Lipinski definition) is 5. The van der Waals surface area contributed by atoms with Crippen molar-refractivity contribution >= 4 is 11.9 Å². The molecule has 1 aromatic rings. The van der Waals surface area contributed by atoms with Crippen LogP contribution < -0.4 is 10.1 Å². The van der Waals surface area contributed by atoms with Crippen LogP contribution in [-0.2, 0) is 20.9 Å². The molecule has 0 aliphatic carbocycles. The summed E-state index contributed by atoms with van der Waals surface area (Å²) in [5, 5.41) is 2.79. The topological polar surface area (TPSA) is 67.9 Å². The molecule has 1 aliphatic rings. The van der Waals surface area contributed by atoms with Crippen LogP contribution in [0.25, 0.3) is 0 Å². The third-order valence-corrected chi connectivity index (χ3v) is 3.39. The van der Waals surface area contributed by atoms with Gasteiger partial charge in [-0.05, 0) is 24.1 Å². The number of nitrogens with zero attached hydrogens (tertiary/aromatic N) is 1. The van der Waals surface area contributed by atoms with E-state index in [1.807, 2.05) is 29.2 Å². The summed E-state index contributed by atoms with van der Waals surface area (Å²) in [5.74, 6) is 0.390. The minimum atomic E-state index is -0.291. The summed E-state index contributed by atoms with van der Waals surface area (Å²) in [6, 6.07) is 7.36. The number of esters is 1. The molecule has 1 unspecified atom stereocenters. The van der Waals surface area contributed by atoms with Gasteiger partial charge in [0.25, 0.3) is 0 Å². The van der Waals surface area contributed by atoms with Gasteiger partial charge in [0.05, 0.1) is 19.8 Å². The highest BCUT2D eigenvalue weighted by molar-refractivity contribution is 5.74. The van der Waals surface area contributed by atoms with Gasteiger partial charge in [0.15, 0.2) is 0 Å². The molecule has 1 fully saturated rings. The van der Waals surface area contributed by atoms with E-state index < -0.39 is 0 Å². The van der Waals surface area contributed by atoms with Crippen molar-refractivity contribution in [2.24, 2.45) is 0 Å². The second-order valence-corrected chi connectivity index (χ2v) is 4.98. The van der Waals surface area contributed by atoms with Gasteiger partial charge in [-0.25, -0.2) is 0 Å². The zero-order valence-electron chi connectivity index (χ0n) is 12.3. The smallest absolute Gasteiger partial charge is 0.320 e. The summed E-state index contributed by atoms with van der Waals surface area (Å²) >= 11 is 0. The van der Waals surface area contributed by atoms with Crippen LogP contribution in [-0.4, -0.2) is 43.1 Å². The van der Waals surface area contributed by atoms with Crippen LogP contribution in [0.2, 0.25) is 0 Å².